The van der Waals surface area contributed by atoms with Crippen molar-refractivity contribution < 1.29 is 4.79 Å². The van der Waals surface area contributed by atoms with Crippen molar-refractivity contribution in [3.63, 3.8) is 0 Å². The summed E-state index contributed by atoms with van der Waals surface area (Å²) in [5, 5.41) is 0. The number of rotatable bonds is 5. The Bertz CT molecular complexity index is 1260. The predicted molar refractivity (Wildman–Crippen MR) is 131 cm³/mol. The molecule has 3 nitrogen and oxygen atoms in total. The molecule has 0 fully saturated rings. The van der Waals surface area contributed by atoms with Crippen molar-refractivity contribution in [2.75, 3.05) is 4.90 Å². The normalized spacial score (nSPS) is 15.1. The largest absolute Gasteiger partial charge is 0.318 e. The predicted octanol–water partition coefficient (Wildman–Crippen LogP) is 6.91. The lowest BCUT2D eigenvalue weighted by Crippen LogP contribution is -2.39. The van der Waals surface area contributed by atoms with E-state index in [0.29, 0.717) is 6.42 Å². The van der Waals surface area contributed by atoms with Gasteiger partial charge in [0.15, 0.2) is 5.78 Å². The first-order valence-corrected chi connectivity index (χ1v) is 10.9. The van der Waals surface area contributed by atoms with Crippen LogP contribution in [0.5, 0.6) is 0 Å². The molecule has 0 saturated carbocycles. The molecular formula is C29H24N2O. The van der Waals surface area contributed by atoms with E-state index >= 15 is 0 Å². The van der Waals surface area contributed by atoms with Gasteiger partial charge in [0, 0.05) is 28.8 Å². The van der Waals surface area contributed by atoms with Crippen LogP contribution in [0.1, 0.15) is 39.5 Å². The molecule has 0 aromatic heterocycles. The molecule has 0 aliphatic carbocycles. The Balaban J connectivity index is 1.66. The quantitative estimate of drug-likeness (QED) is 0.331. The van der Waals surface area contributed by atoms with Crippen molar-refractivity contribution in [2.45, 2.75) is 19.4 Å². The highest BCUT2D eigenvalue weighted by Gasteiger charge is 2.33. The van der Waals surface area contributed by atoms with Crippen molar-refractivity contribution in [3.05, 3.63) is 131 Å². The molecule has 3 heteroatoms. The van der Waals surface area contributed by atoms with E-state index in [1.807, 2.05) is 66.7 Å². The van der Waals surface area contributed by atoms with E-state index in [4.69, 9.17) is 4.99 Å². The fourth-order valence-corrected chi connectivity index (χ4v) is 4.24. The number of ketones is 1. The van der Waals surface area contributed by atoms with Gasteiger partial charge in [-0.15, -0.1) is 0 Å². The van der Waals surface area contributed by atoms with Gasteiger partial charge in [-0.25, -0.2) is 4.99 Å². The van der Waals surface area contributed by atoms with Gasteiger partial charge in [-0.2, -0.15) is 0 Å². The zero-order chi connectivity index (χ0) is 21.9. The Kier molecular flexibility index (Phi) is 5.39. The summed E-state index contributed by atoms with van der Waals surface area (Å²) >= 11 is 0. The van der Waals surface area contributed by atoms with Crippen LogP contribution in [0, 0.1) is 6.92 Å². The summed E-state index contributed by atoms with van der Waals surface area (Å²) in [6, 6.07) is 36.2. The minimum atomic E-state index is -0.157. The third kappa shape index (κ3) is 3.85. The van der Waals surface area contributed by atoms with E-state index in [2.05, 4.69) is 54.3 Å². The second-order valence-electron chi connectivity index (χ2n) is 8.07. The highest BCUT2D eigenvalue weighted by molar-refractivity contribution is 6.13. The van der Waals surface area contributed by atoms with Gasteiger partial charge in [0.1, 0.15) is 5.84 Å². The molecule has 0 N–H and O–H groups in total. The van der Waals surface area contributed by atoms with E-state index in [9.17, 15) is 4.79 Å². The molecule has 1 aliphatic rings. The molecule has 32 heavy (non-hydrogen) atoms. The molecule has 5 rings (SSSR count). The molecule has 0 spiro atoms. The maximum absolute atomic E-state index is 13.3. The standard InChI is InChI=1S/C29H24N2O/c1-21-16-18-23(19-17-21)29-30-26-15-9-8-14-25(26)27(31(29)24-12-6-3-7-13-24)20-28(32)22-10-4-2-5-11-22/h2-19,27H,20H2,1H3. The van der Waals surface area contributed by atoms with E-state index in [0.717, 1.165) is 33.9 Å². The molecule has 1 heterocycles. The summed E-state index contributed by atoms with van der Waals surface area (Å²) in [6.07, 6.45) is 0.362. The number of anilines is 1. The van der Waals surface area contributed by atoms with Crippen LogP contribution in [-0.2, 0) is 0 Å². The molecule has 0 radical (unpaired) electrons. The minimum Gasteiger partial charge on any atom is -0.318 e. The lowest BCUT2D eigenvalue weighted by molar-refractivity contribution is 0.0974. The van der Waals surface area contributed by atoms with Crippen LogP contribution < -0.4 is 4.90 Å². The second kappa shape index (κ2) is 8.64. The van der Waals surface area contributed by atoms with Crippen molar-refractivity contribution in [1.29, 1.82) is 0 Å². The van der Waals surface area contributed by atoms with E-state index in [-0.39, 0.29) is 11.8 Å². The molecule has 0 saturated heterocycles. The van der Waals surface area contributed by atoms with E-state index < -0.39 is 0 Å². The van der Waals surface area contributed by atoms with Gasteiger partial charge < -0.3 is 4.90 Å². The van der Waals surface area contributed by atoms with Crippen molar-refractivity contribution >= 4 is 23.0 Å². The highest BCUT2D eigenvalue weighted by atomic mass is 16.1. The Morgan fingerprint density at radius 3 is 2.12 bits per heavy atom. The molecule has 1 atom stereocenters. The first-order valence-electron chi connectivity index (χ1n) is 10.9. The number of nitrogens with zero attached hydrogens (tertiary/aromatic N) is 2. The number of para-hydroxylation sites is 2. The number of carbonyl (C=O) groups is 1. The number of benzene rings is 4. The third-order valence-electron chi connectivity index (χ3n) is 5.88. The molecular weight excluding hydrogens is 392 g/mol. The number of aryl methyl sites for hydroxylation is 1. The Labute approximate surface area is 188 Å². The summed E-state index contributed by atoms with van der Waals surface area (Å²) in [5.74, 6) is 0.984. The zero-order valence-corrected chi connectivity index (χ0v) is 18.0. The molecule has 4 aromatic rings. The summed E-state index contributed by atoms with van der Waals surface area (Å²) in [6.45, 7) is 2.08. The molecule has 0 amide bonds. The van der Waals surface area contributed by atoms with Gasteiger partial charge in [-0.3, -0.25) is 4.79 Å². The highest BCUT2D eigenvalue weighted by Crippen LogP contribution is 2.41. The number of hydrogen-bond donors (Lipinski definition) is 0. The number of aliphatic imine (C=N–C) groups is 1. The summed E-state index contributed by atoms with van der Waals surface area (Å²) in [7, 11) is 0. The van der Waals surface area contributed by atoms with Gasteiger partial charge in [0.2, 0.25) is 0 Å². The maximum Gasteiger partial charge on any atom is 0.165 e. The van der Waals surface area contributed by atoms with Crippen LogP contribution in [-0.4, -0.2) is 11.6 Å². The minimum absolute atomic E-state index is 0.122. The Morgan fingerprint density at radius 1 is 0.781 bits per heavy atom. The summed E-state index contributed by atoms with van der Waals surface area (Å²) < 4.78 is 0. The van der Waals surface area contributed by atoms with Crippen molar-refractivity contribution in [3.8, 4) is 0 Å². The SMILES string of the molecule is Cc1ccc(C2=Nc3ccccc3C(CC(=O)c3ccccc3)N2c2ccccc2)cc1. The van der Waals surface area contributed by atoms with Crippen LogP contribution in [0.15, 0.2) is 114 Å². The van der Waals surface area contributed by atoms with Crippen molar-refractivity contribution in [1.82, 2.24) is 0 Å². The van der Waals surface area contributed by atoms with Crippen molar-refractivity contribution in [2.24, 2.45) is 4.99 Å². The molecule has 4 aromatic carbocycles. The van der Waals surface area contributed by atoms with Gasteiger partial charge in [0.25, 0.3) is 0 Å². The van der Waals surface area contributed by atoms with Gasteiger partial charge in [-0.05, 0) is 25.1 Å². The summed E-state index contributed by atoms with van der Waals surface area (Å²) in [5.41, 5.74) is 5.97. The topological polar surface area (TPSA) is 32.7 Å². The van der Waals surface area contributed by atoms with Crippen LogP contribution >= 0.6 is 0 Å². The maximum atomic E-state index is 13.3. The molecule has 1 unspecified atom stereocenters. The number of hydrogen-bond acceptors (Lipinski definition) is 3. The number of amidine groups is 1. The van der Waals surface area contributed by atoms with Crippen LogP contribution in [0.4, 0.5) is 11.4 Å². The summed E-state index contributed by atoms with van der Waals surface area (Å²) in [4.78, 5) is 20.6. The monoisotopic (exact) mass is 416 g/mol. The fraction of sp³-hybridized carbons (Fsp3) is 0.103. The zero-order valence-electron chi connectivity index (χ0n) is 18.0. The number of Topliss-reactive ketones (excluding diaryl/α,β-unsaturated/α-hetero) is 1. The lowest BCUT2D eigenvalue weighted by Gasteiger charge is -2.38. The average Bonchev–Trinajstić information content (AvgIpc) is 2.85. The first kappa shape index (κ1) is 20.0. The van der Waals surface area contributed by atoms with Gasteiger partial charge >= 0.3 is 0 Å². The molecule has 1 aliphatic heterocycles. The first-order chi connectivity index (χ1) is 15.7. The molecule has 0 bridgehead atoms. The van der Waals surface area contributed by atoms with Gasteiger partial charge in [-0.1, -0.05) is 96.6 Å². The smallest absolute Gasteiger partial charge is 0.165 e. The van der Waals surface area contributed by atoms with Crippen LogP contribution in [0.2, 0.25) is 0 Å². The fourth-order valence-electron chi connectivity index (χ4n) is 4.24. The van der Waals surface area contributed by atoms with Crippen LogP contribution in [0.3, 0.4) is 0 Å². The number of fused-ring (bicyclic) bond motifs is 1. The number of carbonyl (C=O) groups excluding carboxylic acids is 1. The Hall–Kier alpha value is -3.98. The third-order valence-corrected chi connectivity index (χ3v) is 5.88. The van der Waals surface area contributed by atoms with E-state index in [1.165, 1.54) is 5.56 Å². The van der Waals surface area contributed by atoms with Crippen LogP contribution in [0.25, 0.3) is 0 Å². The Morgan fingerprint density at radius 2 is 1.41 bits per heavy atom. The second-order valence-corrected chi connectivity index (χ2v) is 8.07. The lowest BCUT2D eigenvalue weighted by atomic mass is 9.92. The average molecular weight is 417 g/mol. The molecule has 156 valence electrons. The van der Waals surface area contributed by atoms with Gasteiger partial charge in [0.05, 0.1) is 11.7 Å². The van der Waals surface area contributed by atoms with E-state index in [1.54, 1.807) is 0 Å².